The smallest absolute Gasteiger partial charge is 0.339 e. The lowest BCUT2D eigenvalue weighted by atomic mass is 10.2. The van der Waals surface area contributed by atoms with E-state index in [1.165, 1.54) is 6.20 Å². The first-order chi connectivity index (χ1) is 18.9. The second-order valence-corrected chi connectivity index (χ2v) is 9.19. The number of carbonyl (C=O) groups is 1. The van der Waals surface area contributed by atoms with Crippen molar-refractivity contribution in [3.63, 3.8) is 0 Å². The van der Waals surface area contributed by atoms with Gasteiger partial charge in [0, 0.05) is 70.1 Å². The molecule has 0 spiro atoms. The summed E-state index contributed by atoms with van der Waals surface area (Å²) in [7, 11) is 1.81. The minimum atomic E-state index is -0.429. The van der Waals surface area contributed by atoms with E-state index in [4.69, 9.17) is 9.84 Å². The van der Waals surface area contributed by atoms with Crippen LogP contribution in [0, 0.1) is 6.92 Å². The van der Waals surface area contributed by atoms with Gasteiger partial charge in [-0.25, -0.2) is 19.4 Å². The van der Waals surface area contributed by atoms with Gasteiger partial charge in [0.2, 0.25) is 5.95 Å². The molecule has 1 saturated heterocycles. The standard InChI is InChI=1S/C26H32N10O3/c1-4-39-25(38)18-13-21(17(2)28-15-18)31-23-20-16-29-26(32-24(20)34(3)33-23)30-19-5-6-27-22(14-19)36-9-7-35(8-10-36)11-12-37/h5-6,13-16,37H,4,7-12H2,1-3H3,(H,31,33)(H,27,29,30,32). The van der Waals surface area contributed by atoms with Gasteiger partial charge in [0.1, 0.15) is 5.82 Å². The number of esters is 1. The molecule has 0 radical (unpaired) electrons. The van der Waals surface area contributed by atoms with Crippen molar-refractivity contribution in [2.24, 2.45) is 7.05 Å². The number of fused-ring (bicyclic) bond motifs is 1. The number of nitrogens with zero attached hydrogens (tertiary/aromatic N) is 8. The summed E-state index contributed by atoms with van der Waals surface area (Å²) in [5, 5.41) is 21.0. The molecule has 13 nitrogen and oxygen atoms in total. The van der Waals surface area contributed by atoms with Crippen molar-refractivity contribution < 1.29 is 14.6 Å². The SMILES string of the molecule is CCOC(=O)c1cnc(C)c(Nc2nn(C)c3nc(Nc4ccnc(N5CCN(CCO)CC5)c4)ncc23)c1. The van der Waals surface area contributed by atoms with Crippen LogP contribution in [0.15, 0.2) is 36.8 Å². The quantitative estimate of drug-likeness (QED) is 0.272. The van der Waals surface area contributed by atoms with Gasteiger partial charge in [0.15, 0.2) is 11.5 Å². The van der Waals surface area contributed by atoms with Gasteiger partial charge in [-0.15, -0.1) is 0 Å². The summed E-state index contributed by atoms with van der Waals surface area (Å²) in [6, 6.07) is 5.56. The predicted octanol–water partition coefficient (Wildman–Crippen LogP) is 2.24. The fourth-order valence-electron chi connectivity index (χ4n) is 4.44. The third-order valence-electron chi connectivity index (χ3n) is 6.55. The van der Waals surface area contributed by atoms with Crippen LogP contribution in [0.25, 0.3) is 11.0 Å². The molecule has 1 aliphatic heterocycles. The van der Waals surface area contributed by atoms with Crippen molar-refractivity contribution in [2.75, 3.05) is 61.5 Å². The zero-order valence-electron chi connectivity index (χ0n) is 22.3. The molecule has 0 atom stereocenters. The maximum atomic E-state index is 12.2. The van der Waals surface area contributed by atoms with Crippen LogP contribution in [0.1, 0.15) is 23.0 Å². The molecule has 13 heteroatoms. The number of pyridine rings is 2. The number of hydrogen-bond acceptors (Lipinski definition) is 12. The van der Waals surface area contributed by atoms with Crippen LogP contribution in [0.3, 0.4) is 0 Å². The van der Waals surface area contributed by atoms with Crippen molar-refractivity contribution in [1.29, 1.82) is 0 Å². The average molecular weight is 533 g/mol. The Hall–Kier alpha value is -4.36. The number of carbonyl (C=O) groups excluding carboxylic acids is 1. The molecular formula is C26H32N10O3. The highest BCUT2D eigenvalue weighted by atomic mass is 16.5. The number of nitrogens with one attached hydrogen (secondary N) is 2. The summed E-state index contributed by atoms with van der Waals surface area (Å²) in [5.74, 6) is 1.44. The van der Waals surface area contributed by atoms with Gasteiger partial charge >= 0.3 is 5.97 Å². The Balaban J connectivity index is 1.32. The largest absolute Gasteiger partial charge is 0.462 e. The van der Waals surface area contributed by atoms with Gasteiger partial charge in [-0.05, 0) is 26.0 Å². The molecule has 39 heavy (non-hydrogen) atoms. The fourth-order valence-corrected chi connectivity index (χ4v) is 4.44. The number of aliphatic hydroxyl groups is 1. The summed E-state index contributed by atoms with van der Waals surface area (Å²) >= 11 is 0. The average Bonchev–Trinajstić information content (AvgIpc) is 3.25. The Bertz CT molecular complexity index is 1470. The minimum absolute atomic E-state index is 0.176. The van der Waals surface area contributed by atoms with Crippen molar-refractivity contribution >= 4 is 46.0 Å². The molecule has 0 aromatic carbocycles. The highest BCUT2D eigenvalue weighted by Crippen LogP contribution is 2.27. The summed E-state index contributed by atoms with van der Waals surface area (Å²) in [6.07, 6.45) is 4.97. The van der Waals surface area contributed by atoms with Crippen LogP contribution < -0.4 is 15.5 Å². The van der Waals surface area contributed by atoms with E-state index in [9.17, 15) is 4.79 Å². The molecule has 1 aliphatic rings. The molecule has 0 saturated carbocycles. The van der Waals surface area contributed by atoms with Crippen LogP contribution >= 0.6 is 0 Å². The Labute approximate surface area is 225 Å². The fraction of sp³-hybridized carbons (Fsp3) is 0.385. The number of ether oxygens (including phenoxy) is 1. The zero-order valence-corrected chi connectivity index (χ0v) is 22.3. The lowest BCUT2D eigenvalue weighted by Crippen LogP contribution is -2.47. The second kappa shape index (κ2) is 11.6. The minimum Gasteiger partial charge on any atom is -0.462 e. The predicted molar refractivity (Wildman–Crippen MR) is 148 cm³/mol. The molecule has 5 heterocycles. The van der Waals surface area contributed by atoms with Gasteiger partial charge in [0.05, 0.1) is 35.5 Å². The van der Waals surface area contributed by atoms with E-state index in [0.717, 1.165) is 43.1 Å². The van der Waals surface area contributed by atoms with Gasteiger partial charge in [0.25, 0.3) is 0 Å². The summed E-state index contributed by atoms with van der Waals surface area (Å²) in [6.45, 7) is 8.25. The van der Waals surface area contributed by atoms with Crippen LogP contribution in [-0.4, -0.2) is 91.6 Å². The molecule has 204 valence electrons. The van der Waals surface area contributed by atoms with E-state index in [-0.39, 0.29) is 13.2 Å². The first-order valence-corrected chi connectivity index (χ1v) is 12.9. The second-order valence-electron chi connectivity index (χ2n) is 9.19. The van der Waals surface area contributed by atoms with Gasteiger partial charge in [-0.2, -0.15) is 10.1 Å². The Morgan fingerprint density at radius 2 is 1.92 bits per heavy atom. The molecule has 0 amide bonds. The van der Waals surface area contributed by atoms with Gasteiger partial charge in [-0.1, -0.05) is 0 Å². The number of piperazine rings is 1. The Kier molecular flexibility index (Phi) is 7.79. The van der Waals surface area contributed by atoms with Crippen molar-refractivity contribution in [2.45, 2.75) is 13.8 Å². The first kappa shape index (κ1) is 26.3. The van der Waals surface area contributed by atoms with E-state index < -0.39 is 5.97 Å². The number of anilines is 5. The maximum Gasteiger partial charge on any atom is 0.339 e. The number of aryl methyl sites for hydroxylation is 2. The molecule has 5 rings (SSSR count). The molecule has 0 unspecified atom stereocenters. The van der Waals surface area contributed by atoms with Crippen LogP contribution in [0.5, 0.6) is 0 Å². The monoisotopic (exact) mass is 532 g/mol. The molecular weight excluding hydrogens is 500 g/mol. The normalized spacial score (nSPS) is 14.0. The van der Waals surface area contributed by atoms with E-state index in [1.54, 1.807) is 30.1 Å². The molecule has 1 fully saturated rings. The van der Waals surface area contributed by atoms with Crippen LogP contribution in [0.4, 0.5) is 29.0 Å². The van der Waals surface area contributed by atoms with E-state index in [1.807, 2.05) is 26.1 Å². The van der Waals surface area contributed by atoms with Crippen LogP contribution in [0.2, 0.25) is 0 Å². The van der Waals surface area contributed by atoms with Crippen molar-refractivity contribution in [3.05, 3.63) is 48.0 Å². The van der Waals surface area contributed by atoms with E-state index in [2.05, 4.69) is 45.5 Å². The highest BCUT2D eigenvalue weighted by molar-refractivity contribution is 5.92. The van der Waals surface area contributed by atoms with Crippen molar-refractivity contribution in [1.82, 2.24) is 34.6 Å². The van der Waals surface area contributed by atoms with Gasteiger partial charge in [-0.3, -0.25) is 9.88 Å². The summed E-state index contributed by atoms with van der Waals surface area (Å²) < 4.78 is 6.77. The van der Waals surface area contributed by atoms with Crippen LogP contribution in [-0.2, 0) is 11.8 Å². The van der Waals surface area contributed by atoms with E-state index >= 15 is 0 Å². The molecule has 4 aromatic rings. The summed E-state index contributed by atoms with van der Waals surface area (Å²) in [4.78, 5) is 34.7. The topological polar surface area (TPSA) is 146 Å². The third-order valence-corrected chi connectivity index (χ3v) is 6.55. The van der Waals surface area contributed by atoms with Gasteiger partial charge < -0.3 is 25.4 Å². The number of hydrogen-bond donors (Lipinski definition) is 3. The number of rotatable bonds is 9. The number of β-amino-alcohol motifs (C(OH)–C–C–N with tert-alkyl or cyclic N) is 1. The molecule has 4 aromatic heterocycles. The molecule has 3 N–H and O–H groups in total. The van der Waals surface area contributed by atoms with Crippen molar-refractivity contribution in [3.8, 4) is 0 Å². The Morgan fingerprint density at radius 1 is 1.10 bits per heavy atom. The zero-order chi connectivity index (χ0) is 27.4. The maximum absolute atomic E-state index is 12.2. The third kappa shape index (κ3) is 5.89. The summed E-state index contributed by atoms with van der Waals surface area (Å²) in [5.41, 5.74) is 3.18. The lowest BCUT2D eigenvalue weighted by molar-refractivity contribution is 0.0526. The van der Waals surface area contributed by atoms with E-state index in [0.29, 0.717) is 40.9 Å². The number of aromatic nitrogens is 6. The number of aliphatic hydroxyl groups excluding tert-OH is 1. The molecule has 0 aliphatic carbocycles. The first-order valence-electron chi connectivity index (χ1n) is 12.9. The highest BCUT2D eigenvalue weighted by Gasteiger charge is 2.19. The molecule has 0 bridgehead atoms. The lowest BCUT2D eigenvalue weighted by Gasteiger charge is -2.35. The Morgan fingerprint density at radius 3 is 2.69 bits per heavy atom.